The first kappa shape index (κ1) is 19.8. The molecule has 2 atom stereocenters. The molecule has 1 heterocycles. The van der Waals surface area contributed by atoms with Gasteiger partial charge in [-0.05, 0) is 45.3 Å². The van der Waals surface area contributed by atoms with E-state index in [1.165, 1.54) is 0 Å². The Morgan fingerprint density at radius 2 is 1.59 bits per heavy atom. The van der Waals surface area contributed by atoms with Gasteiger partial charge in [0.2, 0.25) is 0 Å². The summed E-state index contributed by atoms with van der Waals surface area (Å²) < 4.78 is 22.9. The fourth-order valence-electron chi connectivity index (χ4n) is 3.93. The molecule has 0 bridgehead atoms. The molecular formula is C21H25BrO5. The molecule has 0 saturated carbocycles. The van der Waals surface area contributed by atoms with Crippen molar-refractivity contribution in [3.63, 3.8) is 0 Å². The molecule has 0 saturated heterocycles. The van der Waals surface area contributed by atoms with Crippen LogP contribution in [0.5, 0.6) is 23.0 Å². The summed E-state index contributed by atoms with van der Waals surface area (Å²) in [5.41, 5.74) is 2.04. The molecule has 1 aliphatic heterocycles. The quantitative estimate of drug-likeness (QED) is 0.776. The number of aliphatic hydroxyl groups is 1. The highest BCUT2D eigenvalue weighted by atomic mass is 79.9. The smallest absolute Gasteiger partial charge is 0.161 e. The largest absolute Gasteiger partial charge is 0.495 e. The molecule has 1 aliphatic carbocycles. The highest BCUT2D eigenvalue weighted by molar-refractivity contribution is 9.10. The molecule has 27 heavy (non-hydrogen) atoms. The molecule has 2 aromatic carbocycles. The highest BCUT2D eigenvalue weighted by Crippen LogP contribution is 2.54. The van der Waals surface area contributed by atoms with Crippen molar-refractivity contribution >= 4 is 15.9 Å². The summed E-state index contributed by atoms with van der Waals surface area (Å²) in [7, 11) is 4.85. The van der Waals surface area contributed by atoms with Crippen molar-refractivity contribution in [3.8, 4) is 23.0 Å². The van der Waals surface area contributed by atoms with Crippen molar-refractivity contribution in [2.75, 3.05) is 27.9 Å². The Bertz CT molecular complexity index is 851. The zero-order valence-electron chi connectivity index (χ0n) is 16.3. The predicted molar refractivity (Wildman–Crippen MR) is 108 cm³/mol. The van der Waals surface area contributed by atoms with Gasteiger partial charge in [0, 0.05) is 24.0 Å². The third kappa shape index (κ3) is 3.15. The lowest BCUT2D eigenvalue weighted by Gasteiger charge is -2.36. The number of methoxy groups -OCH3 is 3. The highest BCUT2D eigenvalue weighted by Gasteiger charge is 2.50. The first-order chi connectivity index (χ1) is 13.0. The molecule has 5 nitrogen and oxygen atoms in total. The minimum atomic E-state index is -0.985. The monoisotopic (exact) mass is 436 g/mol. The van der Waals surface area contributed by atoms with Crippen LogP contribution in [-0.4, -0.2) is 38.6 Å². The summed E-state index contributed by atoms with van der Waals surface area (Å²) in [4.78, 5) is 0. The first-order valence-corrected chi connectivity index (χ1v) is 9.77. The number of ether oxygens (including phenoxy) is 4. The Morgan fingerprint density at radius 3 is 2.22 bits per heavy atom. The fourth-order valence-corrected chi connectivity index (χ4v) is 4.45. The number of rotatable bonds is 3. The Balaban J connectivity index is 0.00000102. The van der Waals surface area contributed by atoms with Crippen molar-refractivity contribution in [1.29, 1.82) is 0 Å². The molecule has 0 fully saturated rings. The standard InChI is InChI=1S/C19H19BrO5.C2H6/c1-22-15-7-14-12(5-13(15)20)18-11-6-17(24-3)16(23-2)4-10(11)8-19(18,21)9-25-14;1-2/h4-7,18,21H,8-9H2,1-3H3;1-2H3. The van der Waals surface area contributed by atoms with Crippen LogP contribution in [0.2, 0.25) is 0 Å². The van der Waals surface area contributed by atoms with Crippen molar-refractivity contribution in [2.45, 2.75) is 31.8 Å². The summed E-state index contributed by atoms with van der Waals surface area (Å²) in [6.07, 6.45) is 0.510. The second-order valence-electron chi connectivity index (χ2n) is 6.43. The fraction of sp³-hybridized carbons (Fsp3) is 0.429. The van der Waals surface area contributed by atoms with Gasteiger partial charge >= 0.3 is 0 Å². The lowest BCUT2D eigenvalue weighted by molar-refractivity contribution is -0.0219. The van der Waals surface area contributed by atoms with Crippen molar-refractivity contribution < 1.29 is 24.1 Å². The van der Waals surface area contributed by atoms with Crippen molar-refractivity contribution in [3.05, 3.63) is 45.4 Å². The van der Waals surface area contributed by atoms with Gasteiger partial charge < -0.3 is 24.1 Å². The van der Waals surface area contributed by atoms with Crippen LogP contribution in [0.15, 0.2) is 28.7 Å². The van der Waals surface area contributed by atoms with Gasteiger partial charge in [-0.1, -0.05) is 13.8 Å². The second kappa shape index (κ2) is 7.60. The number of halogens is 1. The first-order valence-electron chi connectivity index (χ1n) is 8.98. The third-order valence-corrected chi connectivity index (χ3v) is 5.68. The topological polar surface area (TPSA) is 57.2 Å². The molecule has 0 radical (unpaired) electrons. The molecule has 146 valence electrons. The Kier molecular flexibility index (Phi) is 5.58. The van der Waals surface area contributed by atoms with Crippen LogP contribution in [-0.2, 0) is 6.42 Å². The molecule has 2 unspecified atom stereocenters. The Labute approximate surface area is 168 Å². The van der Waals surface area contributed by atoms with Gasteiger partial charge in [0.05, 0.1) is 25.8 Å². The zero-order chi connectivity index (χ0) is 19.8. The summed E-state index contributed by atoms with van der Waals surface area (Å²) in [6.45, 7) is 4.23. The van der Waals surface area contributed by atoms with Gasteiger partial charge in [0.1, 0.15) is 23.7 Å². The Hall–Kier alpha value is -1.92. The van der Waals surface area contributed by atoms with Crippen LogP contribution in [0.3, 0.4) is 0 Å². The van der Waals surface area contributed by atoms with Crippen LogP contribution < -0.4 is 18.9 Å². The molecule has 2 aromatic rings. The van der Waals surface area contributed by atoms with E-state index in [1.807, 2.05) is 38.1 Å². The third-order valence-electron chi connectivity index (χ3n) is 5.06. The van der Waals surface area contributed by atoms with E-state index >= 15 is 0 Å². The maximum Gasteiger partial charge on any atom is 0.161 e. The molecular weight excluding hydrogens is 412 g/mol. The van der Waals surface area contributed by atoms with E-state index in [4.69, 9.17) is 18.9 Å². The molecule has 0 spiro atoms. The van der Waals surface area contributed by atoms with E-state index in [0.29, 0.717) is 23.7 Å². The minimum absolute atomic E-state index is 0.187. The zero-order valence-corrected chi connectivity index (χ0v) is 17.8. The average Bonchev–Trinajstić information content (AvgIpc) is 2.99. The summed E-state index contributed by atoms with van der Waals surface area (Å²) >= 11 is 3.53. The van der Waals surface area contributed by atoms with Gasteiger partial charge in [-0.2, -0.15) is 0 Å². The van der Waals surface area contributed by atoms with Gasteiger partial charge in [0.25, 0.3) is 0 Å². The van der Waals surface area contributed by atoms with Gasteiger partial charge in [-0.15, -0.1) is 0 Å². The lowest BCUT2D eigenvalue weighted by atomic mass is 9.80. The molecule has 6 heteroatoms. The van der Waals surface area contributed by atoms with E-state index in [-0.39, 0.29) is 12.5 Å². The summed E-state index contributed by atoms with van der Waals surface area (Å²) in [5.74, 6) is 2.58. The maximum absolute atomic E-state index is 11.3. The number of benzene rings is 2. The van der Waals surface area contributed by atoms with E-state index in [9.17, 15) is 5.11 Å². The van der Waals surface area contributed by atoms with Crippen LogP contribution in [0.25, 0.3) is 0 Å². The van der Waals surface area contributed by atoms with E-state index in [0.717, 1.165) is 26.9 Å². The average molecular weight is 437 g/mol. The van der Waals surface area contributed by atoms with Crippen molar-refractivity contribution in [2.24, 2.45) is 0 Å². The summed E-state index contributed by atoms with van der Waals surface area (Å²) in [6, 6.07) is 7.74. The number of hydrogen-bond acceptors (Lipinski definition) is 5. The van der Waals surface area contributed by atoms with Crippen LogP contribution in [0.4, 0.5) is 0 Å². The minimum Gasteiger partial charge on any atom is -0.495 e. The van der Waals surface area contributed by atoms with Gasteiger partial charge in [-0.25, -0.2) is 0 Å². The molecule has 4 rings (SSSR count). The molecule has 0 amide bonds. The number of hydrogen-bond donors (Lipinski definition) is 1. The maximum atomic E-state index is 11.3. The Morgan fingerprint density at radius 1 is 0.963 bits per heavy atom. The number of fused-ring (bicyclic) bond motifs is 5. The van der Waals surface area contributed by atoms with Crippen LogP contribution in [0, 0.1) is 0 Å². The van der Waals surface area contributed by atoms with E-state index in [1.54, 1.807) is 21.3 Å². The predicted octanol–water partition coefficient (Wildman–Crippen LogP) is 4.31. The van der Waals surface area contributed by atoms with Crippen molar-refractivity contribution in [1.82, 2.24) is 0 Å². The normalized spacial score (nSPS) is 21.7. The van der Waals surface area contributed by atoms with Gasteiger partial charge in [-0.3, -0.25) is 0 Å². The molecule has 2 aliphatic rings. The second-order valence-corrected chi connectivity index (χ2v) is 7.29. The van der Waals surface area contributed by atoms with E-state index in [2.05, 4.69) is 15.9 Å². The van der Waals surface area contributed by atoms with Crippen LogP contribution in [0.1, 0.15) is 36.5 Å². The van der Waals surface area contributed by atoms with Gasteiger partial charge in [0.15, 0.2) is 11.5 Å². The SMILES string of the molecule is CC.COc1cc2c(cc1Br)C1c3cc(OC)c(OC)cc3CC1(O)CO2. The molecule has 0 aromatic heterocycles. The lowest BCUT2D eigenvalue weighted by Crippen LogP contribution is -2.43. The van der Waals surface area contributed by atoms with Crippen LogP contribution >= 0.6 is 15.9 Å². The summed E-state index contributed by atoms with van der Waals surface area (Å²) in [5, 5.41) is 11.3. The molecule has 1 N–H and O–H groups in total. The van der Waals surface area contributed by atoms with E-state index < -0.39 is 5.60 Å².